The summed E-state index contributed by atoms with van der Waals surface area (Å²) in [5.74, 6) is -0.917. The number of benzene rings is 2. The molecule has 0 saturated carbocycles. The third-order valence-electron chi connectivity index (χ3n) is 4.30. The van der Waals surface area contributed by atoms with Crippen molar-refractivity contribution in [2.45, 2.75) is 12.5 Å². The zero-order chi connectivity index (χ0) is 19.5. The van der Waals surface area contributed by atoms with Crippen LogP contribution in [-0.2, 0) is 9.53 Å². The van der Waals surface area contributed by atoms with Crippen molar-refractivity contribution >= 4 is 29.2 Å². The maximum absolute atomic E-state index is 12.4. The lowest BCUT2D eigenvalue weighted by Crippen LogP contribution is -2.16. The molecule has 7 nitrogen and oxygen atoms in total. The first-order valence-corrected chi connectivity index (χ1v) is 8.65. The fraction of sp³-hybridized carbons (Fsp3) is 0.0952. The Hall–Kier alpha value is -3.87. The van der Waals surface area contributed by atoms with E-state index < -0.39 is 12.1 Å². The molecule has 1 unspecified atom stereocenters. The van der Waals surface area contributed by atoms with Gasteiger partial charge in [0.05, 0.1) is 18.2 Å². The molecule has 0 radical (unpaired) electrons. The number of nitrogens with one attached hydrogen (secondary N) is 2. The fourth-order valence-electron chi connectivity index (χ4n) is 3.03. The van der Waals surface area contributed by atoms with E-state index >= 15 is 0 Å². The Balaban J connectivity index is 1.40. The molecule has 1 aliphatic rings. The summed E-state index contributed by atoms with van der Waals surface area (Å²) in [6, 6.07) is 16.9. The molecule has 1 aliphatic heterocycles. The van der Waals surface area contributed by atoms with Crippen LogP contribution in [0.4, 0.5) is 11.4 Å². The van der Waals surface area contributed by atoms with Gasteiger partial charge in [-0.2, -0.15) is 0 Å². The lowest BCUT2D eigenvalue weighted by Gasteiger charge is -2.12. The highest BCUT2D eigenvalue weighted by molar-refractivity contribution is 6.03. The zero-order valence-electron chi connectivity index (χ0n) is 14.7. The molecule has 0 spiro atoms. The van der Waals surface area contributed by atoms with Crippen molar-refractivity contribution < 1.29 is 23.5 Å². The van der Waals surface area contributed by atoms with Crippen molar-refractivity contribution in [2.24, 2.45) is 0 Å². The molecule has 140 valence electrons. The molecule has 28 heavy (non-hydrogen) atoms. The Bertz CT molecular complexity index is 1040. The van der Waals surface area contributed by atoms with Crippen LogP contribution in [0.3, 0.4) is 0 Å². The maximum Gasteiger partial charge on any atom is 0.339 e. The Morgan fingerprint density at radius 1 is 0.929 bits per heavy atom. The van der Waals surface area contributed by atoms with E-state index in [9.17, 15) is 14.4 Å². The summed E-state index contributed by atoms with van der Waals surface area (Å²) in [7, 11) is 0. The van der Waals surface area contributed by atoms with E-state index in [0.717, 1.165) is 0 Å². The summed E-state index contributed by atoms with van der Waals surface area (Å²) in [5.41, 5.74) is 2.22. The van der Waals surface area contributed by atoms with Gasteiger partial charge in [-0.15, -0.1) is 0 Å². The van der Waals surface area contributed by atoms with Crippen molar-refractivity contribution in [3.05, 3.63) is 83.8 Å². The third kappa shape index (κ3) is 3.64. The number of rotatable bonds is 5. The first-order valence-electron chi connectivity index (χ1n) is 8.65. The van der Waals surface area contributed by atoms with Crippen LogP contribution >= 0.6 is 0 Å². The molecule has 3 aromatic rings. The van der Waals surface area contributed by atoms with Gasteiger partial charge in [-0.3, -0.25) is 9.59 Å². The average Bonchev–Trinajstić information content (AvgIpc) is 3.32. The monoisotopic (exact) mass is 376 g/mol. The van der Waals surface area contributed by atoms with E-state index in [0.29, 0.717) is 22.5 Å². The Labute approximate surface area is 160 Å². The summed E-state index contributed by atoms with van der Waals surface area (Å²) in [5, 5.41) is 5.45. The van der Waals surface area contributed by atoms with Crippen molar-refractivity contribution in [1.29, 1.82) is 0 Å². The van der Waals surface area contributed by atoms with Gasteiger partial charge in [0.2, 0.25) is 5.91 Å². The van der Waals surface area contributed by atoms with Crippen LogP contribution in [0.25, 0.3) is 0 Å². The molecule has 2 heterocycles. The van der Waals surface area contributed by atoms with Crippen LogP contribution in [0.2, 0.25) is 0 Å². The van der Waals surface area contributed by atoms with Crippen molar-refractivity contribution in [3.63, 3.8) is 0 Å². The van der Waals surface area contributed by atoms with Crippen molar-refractivity contribution in [2.75, 3.05) is 10.6 Å². The SMILES string of the molecule is O=C(CC1OC(=O)c2ccccc21)Nc1cccc(NC(=O)c2ccco2)c1. The first-order chi connectivity index (χ1) is 13.6. The van der Waals surface area contributed by atoms with Crippen LogP contribution in [-0.4, -0.2) is 17.8 Å². The number of esters is 1. The van der Waals surface area contributed by atoms with E-state index in [1.54, 1.807) is 60.7 Å². The van der Waals surface area contributed by atoms with E-state index in [2.05, 4.69) is 10.6 Å². The standard InChI is InChI=1S/C21H16N2O5/c24-19(12-18-15-7-1-2-8-16(15)21(26)28-18)22-13-5-3-6-14(11-13)23-20(25)17-9-4-10-27-17/h1-11,18H,12H2,(H,22,24)(H,23,25). The molecule has 0 saturated heterocycles. The second-order valence-electron chi connectivity index (χ2n) is 6.25. The Morgan fingerprint density at radius 2 is 1.71 bits per heavy atom. The Kier molecular flexibility index (Phi) is 4.63. The van der Waals surface area contributed by atoms with Gasteiger partial charge in [-0.25, -0.2) is 4.79 Å². The zero-order valence-corrected chi connectivity index (χ0v) is 14.7. The van der Waals surface area contributed by atoms with Gasteiger partial charge in [0.1, 0.15) is 6.10 Å². The van der Waals surface area contributed by atoms with Crippen LogP contribution < -0.4 is 10.6 Å². The molecule has 4 rings (SSSR count). The number of carbonyl (C=O) groups is 3. The van der Waals surface area contributed by atoms with Crippen LogP contribution in [0.15, 0.2) is 71.3 Å². The number of amides is 2. The number of ether oxygens (including phenoxy) is 1. The summed E-state index contributed by atoms with van der Waals surface area (Å²) in [4.78, 5) is 36.3. The van der Waals surface area contributed by atoms with Gasteiger partial charge < -0.3 is 19.8 Å². The van der Waals surface area contributed by atoms with Gasteiger partial charge in [0.15, 0.2) is 5.76 Å². The molecule has 0 fully saturated rings. The third-order valence-corrected chi connectivity index (χ3v) is 4.30. The maximum atomic E-state index is 12.4. The van der Waals surface area contributed by atoms with Gasteiger partial charge in [0, 0.05) is 16.9 Å². The Morgan fingerprint density at radius 3 is 2.50 bits per heavy atom. The minimum absolute atomic E-state index is 0.00569. The molecule has 2 N–H and O–H groups in total. The van der Waals surface area contributed by atoms with E-state index in [4.69, 9.17) is 9.15 Å². The minimum atomic E-state index is -0.606. The molecule has 2 amide bonds. The molecule has 2 aromatic carbocycles. The lowest BCUT2D eigenvalue weighted by molar-refractivity contribution is -0.118. The molecule has 7 heteroatoms. The van der Waals surface area contributed by atoms with Gasteiger partial charge in [-0.1, -0.05) is 24.3 Å². The minimum Gasteiger partial charge on any atom is -0.459 e. The summed E-state index contributed by atoms with van der Waals surface area (Å²) >= 11 is 0. The molecular weight excluding hydrogens is 360 g/mol. The molecule has 1 aromatic heterocycles. The predicted octanol–water partition coefficient (Wildman–Crippen LogP) is 3.77. The summed E-state index contributed by atoms with van der Waals surface area (Å²) < 4.78 is 10.3. The number of hydrogen-bond donors (Lipinski definition) is 2. The second kappa shape index (κ2) is 7.40. The van der Waals surface area contributed by atoms with Crippen LogP contribution in [0.1, 0.15) is 39.0 Å². The number of carbonyl (C=O) groups excluding carboxylic acids is 3. The van der Waals surface area contributed by atoms with E-state index in [1.807, 2.05) is 0 Å². The highest BCUT2D eigenvalue weighted by atomic mass is 16.5. The van der Waals surface area contributed by atoms with E-state index in [-0.39, 0.29) is 24.0 Å². The number of hydrogen-bond acceptors (Lipinski definition) is 5. The predicted molar refractivity (Wildman–Crippen MR) is 101 cm³/mol. The van der Waals surface area contributed by atoms with Crippen molar-refractivity contribution in [1.82, 2.24) is 0 Å². The highest BCUT2D eigenvalue weighted by Crippen LogP contribution is 2.33. The molecule has 0 bridgehead atoms. The van der Waals surface area contributed by atoms with Crippen LogP contribution in [0.5, 0.6) is 0 Å². The normalized spacial score (nSPS) is 14.9. The quantitative estimate of drug-likeness (QED) is 0.661. The van der Waals surface area contributed by atoms with Gasteiger partial charge in [0.25, 0.3) is 5.91 Å². The fourth-order valence-corrected chi connectivity index (χ4v) is 3.03. The first kappa shape index (κ1) is 17.5. The smallest absolute Gasteiger partial charge is 0.339 e. The number of anilines is 2. The van der Waals surface area contributed by atoms with Crippen LogP contribution in [0, 0.1) is 0 Å². The van der Waals surface area contributed by atoms with Crippen molar-refractivity contribution in [3.8, 4) is 0 Å². The second-order valence-corrected chi connectivity index (χ2v) is 6.25. The average molecular weight is 376 g/mol. The number of fused-ring (bicyclic) bond motifs is 1. The summed E-state index contributed by atoms with van der Waals surface area (Å²) in [6.45, 7) is 0. The summed E-state index contributed by atoms with van der Waals surface area (Å²) in [6.07, 6.45) is 0.816. The number of cyclic esters (lactones) is 1. The highest BCUT2D eigenvalue weighted by Gasteiger charge is 2.32. The molecule has 1 atom stereocenters. The largest absolute Gasteiger partial charge is 0.459 e. The van der Waals surface area contributed by atoms with Gasteiger partial charge in [-0.05, 0) is 36.4 Å². The lowest BCUT2D eigenvalue weighted by atomic mass is 10.0. The van der Waals surface area contributed by atoms with E-state index in [1.165, 1.54) is 6.26 Å². The van der Waals surface area contributed by atoms with Gasteiger partial charge >= 0.3 is 5.97 Å². The molecule has 0 aliphatic carbocycles. The number of furan rings is 1. The molecular formula is C21H16N2O5. The topological polar surface area (TPSA) is 97.6 Å².